The van der Waals surface area contributed by atoms with Crippen molar-refractivity contribution in [3.8, 4) is 0 Å². The minimum absolute atomic E-state index is 0.337. The fraction of sp³-hybridized carbons (Fsp3) is 0.182. The van der Waals surface area contributed by atoms with E-state index in [0.29, 0.717) is 6.42 Å². The number of hydrogen-bond donors (Lipinski definition) is 3. The Bertz CT molecular complexity index is 536. The number of nitrogens with two attached hydrogens (primary N) is 1. The van der Waals surface area contributed by atoms with Crippen molar-refractivity contribution in [3.05, 3.63) is 30.0 Å². The van der Waals surface area contributed by atoms with Gasteiger partial charge in [-0.05, 0) is 23.0 Å². The van der Waals surface area contributed by atoms with Crippen LogP contribution >= 0.6 is 9.24 Å². The van der Waals surface area contributed by atoms with Crippen LogP contribution in [0.15, 0.2) is 24.4 Å². The molecule has 0 bridgehead atoms. The van der Waals surface area contributed by atoms with Crippen molar-refractivity contribution in [3.63, 3.8) is 0 Å². The molecule has 5 heteroatoms. The number of aromatic amines is 1. The molecule has 2 atom stereocenters. The van der Waals surface area contributed by atoms with Gasteiger partial charge >= 0.3 is 5.97 Å². The fourth-order valence-corrected chi connectivity index (χ4v) is 1.95. The molecule has 0 saturated carbocycles. The largest absolute Gasteiger partial charge is 0.480 e. The second-order valence-corrected chi connectivity index (χ2v) is 4.43. The predicted molar refractivity (Wildman–Crippen MR) is 67.0 cm³/mol. The number of rotatable bonds is 3. The van der Waals surface area contributed by atoms with E-state index in [4.69, 9.17) is 10.8 Å². The molecular formula is C11H13N2O2P. The number of carboxylic acid groups (broad SMARTS) is 1. The van der Waals surface area contributed by atoms with Crippen LogP contribution in [0.3, 0.4) is 0 Å². The number of fused-ring (bicyclic) bond motifs is 1. The lowest BCUT2D eigenvalue weighted by molar-refractivity contribution is -0.138. The molecular weight excluding hydrogens is 223 g/mol. The highest BCUT2D eigenvalue weighted by molar-refractivity contribution is 7.27. The first-order valence-corrected chi connectivity index (χ1v) is 5.49. The van der Waals surface area contributed by atoms with Crippen molar-refractivity contribution in [2.45, 2.75) is 12.5 Å². The number of carbonyl (C=O) groups is 1. The van der Waals surface area contributed by atoms with Crippen molar-refractivity contribution >= 4 is 31.4 Å². The van der Waals surface area contributed by atoms with Crippen molar-refractivity contribution in [2.75, 3.05) is 0 Å². The quantitative estimate of drug-likeness (QED) is 0.683. The first-order valence-electron chi connectivity index (χ1n) is 4.92. The molecule has 1 aromatic carbocycles. The van der Waals surface area contributed by atoms with Crippen LogP contribution in [0.4, 0.5) is 0 Å². The SMILES string of the molecule is NC(Cc1c[nH]c2ccc(P)cc12)C(=O)O. The summed E-state index contributed by atoms with van der Waals surface area (Å²) in [7, 11) is 2.62. The van der Waals surface area contributed by atoms with Gasteiger partial charge in [-0.15, -0.1) is 9.24 Å². The van der Waals surface area contributed by atoms with Crippen LogP contribution in [0.25, 0.3) is 10.9 Å². The van der Waals surface area contributed by atoms with E-state index in [9.17, 15) is 4.79 Å². The summed E-state index contributed by atoms with van der Waals surface area (Å²) in [4.78, 5) is 13.8. The topological polar surface area (TPSA) is 79.1 Å². The zero-order valence-electron chi connectivity index (χ0n) is 8.60. The van der Waals surface area contributed by atoms with Crippen LogP contribution in [0.2, 0.25) is 0 Å². The summed E-state index contributed by atoms with van der Waals surface area (Å²) >= 11 is 0. The molecule has 0 radical (unpaired) electrons. The van der Waals surface area contributed by atoms with Gasteiger partial charge in [0.15, 0.2) is 0 Å². The molecule has 0 aliphatic rings. The highest BCUT2D eigenvalue weighted by Crippen LogP contribution is 2.18. The zero-order chi connectivity index (χ0) is 11.7. The summed E-state index contributed by atoms with van der Waals surface area (Å²) in [6, 6.07) is 5.09. The zero-order valence-corrected chi connectivity index (χ0v) is 9.76. The van der Waals surface area contributed by atoms with E-state index in [1.54, 1.807) is 0 Å². The van der Waals surface area contributed by atoms with Gasteiger partial charge in [-0.3, -0.25) is 4.79 Å². The van der Waals surface area contributed by atoms with E-state index in [1.807, 2.05) is 24.4 Å². The summed E-state index contributed by atoms with van der Waals surface area (Å²) in [6.45, 7) is 0. The molecule has 2 rings (SSSR count). The number of aromatic nitrogens is 1. The molecule has 0 amide bonds. The maximum atomic E-state index is 10.7. The average molecular weight is 236 g/mol. The molecule has 1 heterocycles. The van der Waals surface area contributed by atoms with Crippen LogP contribution in [-0.2, 0) is 11.2 Å². The maximum Gasteiger partial charge on any atom is 0.320 e. The molecule has 0 saturated heterocycles. The molecule has 2 unspecified atom stereocenters. The van der Waals surface area contributed by atoms with Gasteiger partial charge in [-0.25, -0.2) is 0 Å². The number of nitrogens with one attached hydrogen (secondary N) is 1. The first-order chi connectivity index (χ1) is 7.58. The van der Waals surface area contributed by atoms with E-state index in [2.05, 4.69) is 14.2 Å². The van der Waals surface area contributed by atoms with E-state index in [-0.39, 0.29) is 0 Å². The third-order valence-electron chi connectivity index (χ3n) is 2.55. The van der Waals surface area contributed by atoms with E-state index in [0.717, 1.165) is 21.8 Å². The summed E-state index contributed by atoms with van der Waals surface area (Å²) < 4.78 is 0. The second kappa shape index (κ2) is 4.24. The van der Waals surface area contributed by atoms with Gasteiger partial charge in [0.1, 0.15) is 6.04 Å². The Morgan fingerprint density at radius 1 is 1.56 bits per heavy atom. The third-order valence-corrected chi connectivity index (χ3v) is 2.91. The molecule has 4 N–H and O–H groups in total. The summed E-state index contributed by atoms with van der Waals surface area (Å²) in [5.41, 5.74) is 7.46. The van der Waals surface area contributed by atoms with Crippen molar-refractivity contribution in [2.24, 2.45) is 5.73 Å². The Labute approximate surface area is 95.0 Å². The Morgan fingerprint density at radius 3 is 3.00 bits per heavy atom. The Balaban J connectivity index is 2.37. The number of benzene rings is 1. The fourth-order valence-electron chi connectivity index (χ4n) is 1.69. The number of H-pyrrole nitrogens is 1. The number of carboxylic acids is 1. The number of aliphatic carboxylic acids is 1. The molecule has 2 aromatic rings. The third kappa shape index (κ3) is 2.08. The normalized spacial score (nSPS) is 12.9. The van der Waals surface area contributed by atoms with E-state index < -0.39 is 12.0 Å². The van der Waals surface area contributed by atoms with Crippen LogP contribution in [0.5, 0.6) is 0 Å². The predicted octanol–water partition coefficient (Wildman–Crippen LogP) is 0.623. The highest BCUT2D eigenvalue weighted by Gasteiger charge is 2.14. The summed E-state index contributed by atoms with van der Waals surface area (Å²) in [5.74, 6) is -0.976. The molecule has 0 aliphatic heterocycles. The lowest BCUT2D eigenvalue weighted by Crippen LogP contribution is -2.32. The van der Waals surface area contributed by atoms with Gasteiger partial charge in [-0.2, -0.15) is 0 Å². The van der Waals surface area contributed by atoms with E-state index >= 15 is 0 Å². The van der Waals surface area contributed by atoms with Crippen LogP contribution in [0.1, 0.15) is 5.56 Å². The first kappa shape index (κ1) is 11.1. The Hall–Kier alpha value is -1.38. The van der Waals surface area contributed by atoms with Gasteiger partial charge in [0, 0.05) is 23.5 Å². The average Bonchev–Trinajstić information content (AvgIpc) is 2.61. The molecule has 84 valence electrons. The van der Waals surface area contributed by atoms with Gasteiger partial charge in [0.05, 0.1) is 0 Å². The second-order valence-electron chi connectivity index (χ2n) is 3.77. The van der Waals surface area contributed by atoms with E-state index in [1.165, 1.54) is 0 Å². The van der Waals surface area contributed by atoms with Gasteiger partial charge in [0.2, 0.25) is 0 Å². The van der Waals surface area contributed by atoms with Crippen molar-refractivity contribution in [1.82, 2.24) is 4.98 Å². The minimum Gasteiger partial charge on any atom is -0.480 e. The molecule has 4 nitrogen and oxygen atoms in total. The minimum atomic E-state index is -0.976. The Kier molecular flexibility index (Phi) is 2.95. The number of hydrogen-bond acceptors (Lipinski definition) is 2. The Morgan fingerprint density at radius 2 is 2.31 bits per heavy atom. The smallest absolute Gasteiger partial charge is 0.320 e. The lowest BCUT2D eigenvalue weighted by atomic mass is 10.1. The summed E-state index contributed by atoms with van der Waals surface area (Å²) in [5, 5.41) is 10.9. The monoisotopic (exact) mass is 236 g/mol. The van der Waals surface area contributed by atoms with Gasteiger partial charge in [-0.1, -0.05) is 6.07 Å². The van der Waals surface area contributed by atoms with Gasteiger partial charge in [0.25, 0.3) is 0 Å². The van der Waals surface area contributed by atoms with Crippen molar-refractivity contribution in [1.29, 1.82) is 0 Å². The molecule has 0 spiro atoms. The molecule has 0 aliphatic carbocycles. The summed E-state index contributed by atoms with van der Waals surface area (Å²) in [6.07, 6.45) is 2.15. The van der Waals surface area contributed by atoms with Crippen LogP contribution in [-0.4, -0.2) is 22.1 Å². The maximum absolute atomic E-state index is 10.7. The van der Waals surface area contributed by atoms with Crippen molar-refractivity contribution < 1.29 is 9.90 Å². The van der Waals surface area contributed by atoms with Crippen LogP contribution in [0, 0.1) is 0 Å². The van der Waals surface area contributed by atoms with Crippen LogP contribution < -0.4 is 11.0 Å². The molecule has 16 heavy (non-hydrogen) atoms. The highest BCUT2D eigenvalue weighted by atomic mass is 31.0. The lowest BCUT2D eigenvalue weighted by Gasteiger charge is -2.04. The van der Waals surface area contributed by atoms with Gasteiger partial charge < -0.3 is 15.8 Å². The standard InChI is InChI=1S/C11H13N2O2P/c12-9(11(14)15)3-6-5-13-10-2-1-7(16)4-8(6)10/h1-2,4-5,9,13H,3,12,16H2,(H,14,15). The molecule has 0 fully saturated rings. The molecule has 1 aromatic heterocycles.